The van der Waals surface area contributed by atoms with E-state index in [1.807, 2.05) is 6.92 Å². The van der Waals surface area contributed by atoms with Crippen LogP contribution in [0.2, 0.25) is 0 Å². The molecule has 0 bridgehead atoms. The SMILES string of the molecule is CC(N)CCCCS(=O)c1ccc(F)c(F)c1. The van der Waals surface area contributed by atoms with Crippen LogP contribution in [0.5, 0.6) is 0 Å². The van der Waals surface area contributed by atoms with Crippen molar-refractivity contribution in [3.63, 3.8) is 0 Å². The van der Waals surface area contributed by atoms with Crippen LogP contribution in [-0.2, 0) is 10.8 Å². The normalized spacial score (nSPS) is 14.6. The zero-order valence-corrected chi connectivity index (χ0v) is 10.6. The molecule has 2 N–H and O–H groups in total. The van der Waals surface area contributed by atoms with Crippen LogP contribution in [-0.4, -0.2) is 16.0 Å². The summed E-state index contributed by atoms with van der Waals surface area (Å²) in [5, 5.41) is 0. The third-order valence-electron chi connectivity index (χ3n) is 2.39. The topological polar surface area (TPSA) is 43.1 Å². The van der Waals surface area contributed by atoms with E-state index in [-0.39, 0.29) is 6.04 Å². The molecular weight excluding hydrogens is 244 g/mol. The summed E-state index contributed by atoms with van der Waals surface area (Å²) < 4.78 is 37.3. The van der Waals surface area contributed by atoms with Gasteiger partial charge in [0.05, 0.1) is 10.8 Å². The summed E-state index contributed by atoms with van der Waals surface area (Å²) in [5.74, 6) is -1.41. The minimum atomic E-state index is -1.26. The Kier molecular flexibility index (Phi) is 5.71. The zero-order chi connectivity index (χ0) is 12.8. The van der Waals surface area contributed by atoms with E-state index < -0.39 is 22.4 Å². The standard InChI is InChI=1S/C12H17F2NOS/c1-9(15)4-2-3-7-17(16)10-5-6-11(13)12(14)8-10/h5-6,8-9H,2-4,7,15H2,1H3. The van der Waals surface area contributed by atoms with E-state index in [1.54, 1.807) is 0 Å². The average Bonchev–Trinajstić information content (AvgIpc) is 2.27. The summed E-state index contributed by atoms with van der Waals surface area (Å²) >= 11 is 0. The van der Waals surface area contributed by atoms with Crippen LogP contribution < -0.4 is 5.73 Å². The molecule has 0 heterocycles. The highest BCUT2D eigenvalue weighted by molar-refractivity contribution is 7.85. The summed E-state index contributed by atoms with van der Waals surface area (Å²) in [4.78, 5) is 0.338. The molecule has 1 aromatic rings. The average molecular weight is 261 g/mol. The Labute approximate surface area is 103 Å². The van der Waals surface area contributed by atoms with Crippen molar-refractivity contribution in [3.05, 3.63) is 29.8 Å². The number of hydrogen-bond donors (Lipinski definition) is 1. The summed E-state index contributed by atoms with van der Waals surface area (Å²) in [5.41, 5.74) is 5.59. The molecule has 2 atom stereocenters. The quantitative estimate of drug-likeness (QED) is 0.800. The van der Waals surface area contributed by atoms with Crippen LogP contribution in [0.3, 0.4) is 0 Å². The zero-order valence-electron chi connectivity index (χ0n) is 9.79. The van der Waals surface area contributed by atoms with Crippen LogP contribution in [0.15, 0.2) is 23.1 Å². The van der Waals surface area contributed by atoms with E-state index in [0.717, 1.165) is 31.4 Å². The third-order valence-corrected chi connectivity index (χ3v) is 3.83. The first-order valence-electron chi connectivity index (χ1n) is 5.59. The largest absolute Gasteiger partial charge is 0.328 e. The summed E-state index contributed by atoms with van der Waals surface area (Å²) in [6.07, 6.45) is 2.55. The molecule has 5 heteroatoms. The first-order chi connectivity index (χ1) is 8.00. The lowest BCUT2D eigenvalue weighted by Gasteiger charge is -2.05. The van der Waals surface area contributed by atoms with Crippen LogP contribution in [0.25, 0.3) is 0 Å². The van der Waals surface area contributed by atoms with E-state index >= 15 is 0 Å². The lowest BCUT2D eigenvalue weighted by atomic mass is 10.2. The Morgan fingerprint density at radius 2 is 2.00 bits per heavy atom. The van der Waals surface area contributed by atoms with Crippen molar-refractivity contribution in [1.29, 1.82) is 0 Å². The molecule has 1 rings (SSSR count). The van der Waals surface area contributed by atoms with Gasteiger partial charge in [0, 0.05) is 16.7 Å². The fraction of sp³-hybridized carbons (Fsp3) is 0.500. The number of rotatable bonds is 6. The Morgan fingerprint density at radius 1 is 1.29 bits per heavy atom. The number of halogens is 2. The van der Waals surface area contributed by atoms with Crippen molar-refractivity contribution >= 4 is 10.8 Å². The molecule has 2 nitrogen and oxygen atoms in total. The van der Waals surface area contributed by atoms with Gasteiger partial charge in [-0.2, -0.15) is 0 Å². The number of unbranched alkanes of at least 4 members (excludes halogenated alkanes) is 1. The van der Waals surface area contributed by atoms with Gasteiger partial charge in [-0.3, -0.25) is 4.21 Å². The molecule has 0 saturated heterocycles. The number of nitrogens with two attached hydrogens (primary N) is 1. The fourth-order valence-electron chi connectivity index (χ4n) is 1.44. The predicted molar refractivity (Wildman–Crippen MR) is 65.1 cm³/mol. The lowest BCUT2D eigenvalue weighted by Crippen LogP contribution is -2.14. The van der Waals surface area contributed by atoms with Crippen LogP contribution in [0.1, 0.15) is 26.2 Å². The van der Waals surface area contributed by atoms with Gasteiger partial charge in [-0.25, -0.2) is 8.78 Å². The summed E-state index contributed by atoms with van der Waals surface area (Å²) in [6.45, 7) is 1.92. The maximum Gasteiger partial charge on any atom is 0.160 e. The van der Waals surface area contributed by atoms with Gasteiger partial charge in [0.2, 0.25) is 0 Å². The molecule has 96 valence electrons. The van der Waals surface area contributed by atoms with Gasteiger partial charge >= 0.3 is 0 Å². The Morgan fingerprint density at radius 3 is 2.59 bits per heavy atom. The van der Waals surface area contributed by atoms with Crippen molar-refractivity contribution in [1.82, 2.24) is 0 Å². The van der Waals surface area contributed by atoms with Crippen LogP contribution in [0, 0.1) is 11.6 Å². The van der Waals surface area contributed by atoms with Gasteiger partial charge in [-0.05, 0) is 38.0 Å². The van der Waals surface area contributed by atoms with Crippen molar-refractivity contribution in [2.75, 3.05) is 5.75 Å². The first-order valence-corrected chi connectivity index (χ1v) is 6.91. The second-order valence-corrected chi connectivity index (χ2v) is 5.67. The predicted octanol–water partition coefficient (Wildman–Crippen LogP) is 2.59. The smallest absolute Gasteiger partial charge is 0.160 e. The second kappa shape index (κ2) is 6.81. The van der Waals surface area contributed by atoms with E-state index in [1.165, 1.54) is 6.07 Å². The molecule has 0 spiro atoms. The molecule has 0 radical (unpaired) electrons. The number of benzene rings is 1. The van der Waals surface area contributed by atoms with E-state index in [0.29, 0.717) is 10.6 Å². The summed E-state index contributed by atoms with van der Waals surface area (Å²) in [7, 11) is -1.26. The Balaban J connectivity index is 2.44. The lowest BCUT2D eigenvalue weighted by molar-refractivity contribution is 0.505. The molecule has 2 unspecified atom stereocenters. The molecule has 0 aliphatic rings. The van der Waals surface area contributed by atoms with Crippen LogP contribution >= 0.6 is 0 Å². The van der Waals surface area contributed by atoms with Gasteiger partial charge < -0.3 is 5.73 Å². The van der Waals surface area contributed by atoms with Gasteiger partial charge in [0.15, 0.2) is 11.6 Å². The molecule has 17 heavy (non-hydrogen) atoms. The highest BCUT2D eigenvalue weighted by Crippen LogP contribution is 2.13. The van der Waals surface area contributed by atoms with Gasteiger partial charge in [-0.1, -0.05) is 6.42 Å². The van der Waals surface area contributed by atoms with Crippen molar-refractivity contribution in [2.45, 2.75) is 37.1 Å². The minimum Gasteiger partial charge on any atom is -0.328 e. The number of hydrogen-bond acceptors (Lipinski definition) is 2. The van der Waals surface area contributed by atoms with E-state index in [4.69, 9.17) is 5.73 Å². The molecular formula is C12H17F2NOS. The van der Waals surface area contributed by atoms with Crippen LogP contribution in [0.4, 0.5) is 8.78 Å². The van der Waals surface area contributed by atoms with E-state index in [9.17, 15) is 13.0 Å². The van der Waals surface area contributed by atoms with Gasteiger partial charge in [0.25, 0.3) is 0 Å². The highest BCUT2D eigenvalue weighted by Gasteiger charge is 2.08. The van der Waals surface area contributed by atoms with E-state index in [2.05, 4.69) is 0 Å². The molecule has 1 aromatic carbocycles. The summed E-state index contributed by atoms with van der Waals surface area (Å²) in [6, 6.07) is 3.51. The molecule has 0 amide bonds. The third kappa shape index (κ3) is 4.91. The monoisotopic (exact) mass is 261 g/mol. The fourth-order valence-corrected chi connectivity index (χ4v) is 2.59. The molecule has 0 aliphatic carbocycles. The molecule has 0 fully saturated rings. The minimum absolute atomic E-state index is 0.145. The van der Waals surface area contributed by atoms with Crippen molar-refractivity contribution in [2.24, 2.45) is 5.73 Å². The van der Waals surface area contributed by atoms with Gasteiger partial charge in [0.1, 0.15) is 0 Å². The Hall–Kier alpha value is -0.810. The molecule has 0 aromatic heterocycles. The van der Waals surface area contributed by atoms with Gasteiger partial charge in [-0.15, -0.1) is 0 Å². The van der Waals surface area contributed by atoms with Crippen molar-refractivity contribution in [3.8, 4) is 0 Å². The maximum absolute atomic E-state index is 12.9. The second-order valence-electron chi connectivity index (χ2n) is 4.10. The van der Waals surface area contributed by atoms with Crippen molar-refractivity contribution < 1.29 is 13.0 Å². The first kappa shape index (κ1) is 14.3. The maximum atomic E-state index is 12.9. The highest BCUT2D eigenvalue weighted by atomic mass is 32.2. The molecule has 0 aliphatic heterocycles. The Bertz CT molecular complexity index is 396. The molecule has 0 saturated carbocycles.